The number of nitriles is 1. The van der Waals surface area contributed by atoms with Crippen LogP contribution in [-0.4, -0.2) is 19.3 Å². The molecular weight excluding hydrogens is 254 g/mol. The third-order valence-electron chi connectivity index (χ3n) is 3.06. The molecule has 1 unspecified atom stereocenters. The summed E-state index contributed by atoms with van der Waals surface area (Å²) in [6, 6.07) is 14.1. The molecule has 2 aromatic rings. The minimum absolute atomic E-state index is 0.503. The fourth-order valence-electron chi connectivity index (χ4n) is 2.01. The van der Waals surface area contributed by atoms with E-state index in [1.807, 2.05) is 0 Å². The molecule has 4 nitrogen and oxygen atoms in total. The second-order valence-electron chi connectivity index (χ2n) is 4.25. The maximum atomic E-state index is 10.5. The fraction of sp³-hybridized carbons (Fsp3) is 0.188. The lowest BCUT2D eigenvalue weighted by molar-refractivity contribution is 0.214. The van der Waals surface area contributed by atoms with Gasteiger partial charge < -0.3 is 14.6 Å². The van der Waals surface area contributed by atoms with Crippen LogP contribution in [0.1, 0.15) is 22.8 Å². The van der Waals surface area contributed by atoms with E-state index in [0.717, 1.165) is 0 Å². The Hall–Kier alpha value is -2.51. The topological polar surface area (TPSA) is 62.5 Å². The van der Waals surface area contributed by atoms with E-state index >= 15 is 0 Å². The van der Waals surface area contributed by atoms with Gasteiger partial charge in [-0.15, -0.1) is 0 Å². The molecular formula is C16H15NO3. The molecule has 2 rings (SSSR count). The zero-order valence-corrected chi connectivity index (χ0v) is 11.3. The van der Waals surface area contributed by atoms with Crippen molar-refractivity contribution < 1.29 is 14.6 Å². The first kappa shape index (κ1) is 13.9. The Bertz CT molecular complexity index is 646. The van der Waals surface area contributed by atoms with Gasteiger partial charge >= 0.3 is 0 Å². The molecule has 0 aliphatic rings. The summed E-state index contributed by atoms with van der Waals surface area (Å²) in [4.78, 5) is 0. The Morgan fingerprint density at radius 1 is 1.10 bits per heavy atom. The van der Waals surface area contributed by atoms with Gasteiger partial charge in [-0.05, 0) is 35.9 Å². The smallest absolute Gasteiger partial charge is 0.125 e. The van der Waals surface area contributed by atoms with Crippen LogP contribution in [0.5, 0.6) is 11.5 Å². The third-order valence-corrected chi connectivity index (χ3v) is 3.06. The Kier molecular flexibility index (Phi) is 4.24. The molecule has 0 radical (unpaired) electrons. The molecule has 0 spiro atoms. The number of hydrogen-bond acceptors (Lipinski definition) is 4. The normalized spacial score (nSPS) is 11.5. The van der Waals surface area contributed by atoms with E-state index in [1.54, 1.807) is 56.7 Å². The molecule has 0 aliphatic heterocycles. The van der Waals surface area contributed by atoms with Crippen LogP contribution in [-0.2, 0) is 0 Å². The summed E-state index contributed by atoms with van der Waals surface area (Å²) in [5, 5.41) is 19.4. The molecule has 0 amide bonds. The lowest BCUT2D eigenvalue weighted by Crippen LogP contribution is -2.03. The molecule has 4 heteroatoms. The molecule has 0 saturated heterocycles. The van der Waals surface area contributed by atoms with E-state index in [2.05, 4.69) is 6.07 Å². The average molecular weight is 269 g/mol. The highest BCUT2D eigenvalue weighted by Gasteiger charge is 2.16. The zero-order valence-electron chi connectivity index (χ0n) is 11.3. The first-order valence-corrected chi connectivity index (χ1v) is 6.09. The lowest BCUT2D eigenvalue weighted by atomic mass is 9.99. The van der Waals surface area contributed by atoms with E-state index in [4.69, 9.17) is 14.7 Å². The van der Waals surface area contributed by atoms with Gasteiger partial charge in [-0.3, -0.25) is 0 Å². The SMILES string of the molecule is COc1ccc(OC)c(C(O)c2cccc(C#N)c2)c1. The number of nitrogens with zero attached hydrogens (tertiary/aromatic N) is 1. The zero-order chi connectivity index (χ0) is 14.5. The fourth-order valence-corrected chi connectivity index (χ4v) is 2.01. The van der Waals surface area contributed by atoms with E-state index < -0.39 is 6.10 Å². The largest absolute Gasteiger partial charge is 0.497 e. The van der Waals surface area contributed by atoms with Crippen LogP contribution in [0, 0.1) is 11.3 Å². The van der Waals surface area contributed by atoms with Crippen molar-refractivity contribution in [2.75, 3.05) is 14.2 Å². The number of rotatable bonds is 4. The number of hydrogen-bond donors (Lipinski definition) is 1. The second kappa shape index (κ2) is 6.09. The standard InChI is InChI=1S/C16H15NO3/c1-19-13-6-7-15(20-2)14(9-13)16(18)12-5-3-4-11(8-12)10-17/h3-9,16,18H,1-2H3. The number of benzene rings is 2. The summed E-state index contributed by atoms with van der Waals surface area (Å²) in [5.41, 5.74) is 1.74. The summed E-state index contributed by atoms with van der Waals surface area (Å²) >= 11 is 0. The number of methoxy groups -OCH3 is 2. The third kappa shape index (κ3) is 2.73. The Labute approximate surface area is 117 Å². The highest BCUT2D eigenvalue weighted by Crippen LogP contribution is 2.33. The second-order valence-corrected chi connectivity index (χ2v) is 4.25. The molecule has 1 atom stereocenters. The Morgan fingerprint density at radius 2 is 1.90 bits per heavy atom. The molecule has 0 fully saturated rings. The van der Waals surface area contributed by atoms with Crippen molar-refractivity contribution in [1.29, 1.82) is 5.26 Å². The first-order valence-electron chi connectivity index (χ1n) is 6.09. The predicted molar refractivity (Wildman–Crippen MR) is 74.8 cm³/mol. The summed E-state index contributed by atoms with van der Waals surface area (Å²) in [7, 11) is 3.11. The van der Waals surface area contributed by atoms with E-state index in [9.17, 15) is 5.11 Å². The molecule has 0 bridgehead atoms. The van der Waals surface area contributed by atoms with Gasteiger partial charge in [-0.25, -0.2) is 0 Å². The highest BCUT2D eigenvalue weighted by molar-refractivity contribution is 5.46. The minimum atomic E-state index is -0.881. The van der Waals surface area contributed by atoms with Gasteiger partial charge in [-0.1, -0.05) is 12.1 Å². The van der Waals surface area contributed by atoms with E-state index in [0.29, 0.717) is 28.2 Å². The molecule has 0 aromatic heterocycles. The van der Waals surface area contributed by atoms with E-state index in [-0.39, 0.29) is 0 Å². The molecule has 2 aromatic carbocycles. The molecule has 0 heterocycles. The van der Waals surface area contributed by atoms with Gasteiger partial charge in [0.1, 0.15) is 17.6 Å². The Morgan fingerprint density at radius 3 is 2.55 bits per heavy atom. The van der Waals surface area contributed by atoms with Crippen molar-refractivity contribution in [3.63, 3.8) is 0 Å². The molecule has 0 saturated carbocycles. The predicted octanol–water partition coefficient (Wildman–Crippen LogP) is 2.66. The number of aliphatic hydroxyl groups is 1. The van der Waals surface area contributed by atoms with Crippen LogP contribution in [0.2, 0.25) is 0 Å². The van der Waals surface area contributed by atoms with Crippen LogP contribution in [0.3, 0.4) is 0 Å². The van der Waals surface area contributed by atoms with Crippen molar-refractivity contribution in [2.45, 2.75) is 6.10 Å². The number of aliphatic hydroxyl groups excluding tert-OH is 1. The van der Waals surface area contributed by atoms with Crippen molar-refractivity contribution in [1.82, 2.24) is 0 Å². The minimum Gasteiger partial charge on any atom is -0.497 e. The van der Waals surface area contributed by atoms with Gasteiger partial charge in [0, 0.05) is 5.56 Å². The maximum Gasteiger partial charge on any atom is 0.125 e. The molecule has 20 heavy (non-hydrogen) atoms. The van der Waals surface area contributed by atoms with E-state index in [1.165, 1.54) is 0 Å². The quantitative estimate of drug-likeness (QED) is 0.926. The van der Waals surface area contributed by atoms with Crippen LogP contribution < -0.4 is 9.47 Å². The van der Waals surface area contributed by atoms with Gasteiger partial charge in [0.15, 0.2) is 0 Å². The summed E-state index contributed by atoms with van der Waals surface area (Å²) in [6.45, 7) is 0. The van der Waals surface area contributed by atoms with Crippen LogP contribution >= 0.6 is 0 Å². The van der Waals surface area contributed by atoms with Crippen molar-refractivity contribution in [2.24, 2.45) is 0 Å². The van der Waals surface area contributed by atoms with Crippen LogP contribution in [0.4, 0.5) is 0 Å². The molecule has 102 valence electrons. The Balaban J connectivity index is 2.46. The molecule has 1 N–H and O–H groups in total. The van der Waals surface area contributed by atoms with Crippen LogP contribution in [0.25, 0.3) is 0 Å². The van der Waals surface area contributed by atoms with Crippen LogP contribution in [0.15, 0.2) is 42.5 Å². The van der Waals surface area contributed by atoms with Crippen molar-refractivity contribution in [3.8, 4) is 17.6 Å². The average Bonchev–Trinajstić information content (AvgIpc) is 2.53. The van der Waals surface area contributed by atoms with Gasteiger partial charge in [-0.2, -0.15) is 5.26 Å². The van der Waals surface area contributed by atoms with Crippen molar-refractivity contribution >= 4 is 0 Å². The summed E-state index contributed by atoms with van der Waals surface area (Å²) < 4.78 is 10.4. The van der Waals surface area contributed by atoms with Crippen molar-refractivity contribution in [3.05, 3.63) is 59.2 Å². The summed E-state index contributed by atoms with van der Waals surface area (Å²) in [6.07, 6.45) is -0.881. The monoisotopic (exact) mass is 269 g/mol. The highest BCUT2D eigenvalue weighted by atomic mass is 16.5. The maximum absolute atomic E-state index is 10.5. The van der Waals surface area contributed by atoms with Gasteiger partial charge in [0.2, 0.25) is 0 Å². The van der Waals surface area contributed by atoms with Gasteiger partial charge in [0.05, 0.1) is 25.9 Å². The van der Waals surface area contributed by atoms with Gasteiger partial charge in [0.25, 0.3) is 0 Å². The lowest BCUT2D eigenvalue weighted by Gasteiger charge is -2.16. The first-order chi connectivity index (χ1) is 9.69. The number of ether oxygens (including phenoxy) is 2. The summed E-state index contributed by atoms with van der Waals surface area (Å²) in [5.74, 6) is 1.21. The molecule has 0 aliphatic carbocycles.